The molecule has 30 heavy (non-hydrogen) atoms. The average Bonchev–Trinajstić information content (AvgIpc) is 2.74. The lowest BCUT2D eigenvalue weighted by Crippen LogP contribution is -2.11. The Labute approximate surface area is 181 Å². The summed E-state index contributed by atoms with van der Waals surface area (Å²) in [5.41, 5.74) is 2.05. The largest absolute Gasteiger partial charge is 0.489 e. The fraction of sp³-hybridized carbons (Fsp3) is 0.182. The standard InChI is InChI=1S/C22H21ClN3O3S/c1-26(2)18-8-11-21(25-24)22(13-18)30(27,28)15-17-12-19(9-10-20(17)23)29-14-16-6-4-3-5-7-16/h3-13H,14-15H2,1-2H3/q+1. The highest BCUT2D eigenvalue weighted by Crippen LogP contribution is 2.33. The van der Waals surface area contributed by atoms with Crippen molar-refractivity contribution >= 4 is 32.8 Å². The number of diazo groups is 1. The van der Waals surface area contributed by atoms with Gasteiger partial charge in [-0.3, -0.25) is 0 Å². The maximum absolute atomic E-state index is 13.1. The quantitative estimate of drug-likeness (QED) is 0.455. The number of halogens is 1. The van der Waals surface area contributed by atoms with E-state index in [1.807, 2.05) is 30.3 Å². The monoisotopic (exact) mass is 442 g/mol. The smallest absolute Gasteiger partial charge is 0.403 e. The molecule has 0 aromatic heterocycles. The van der Waals surface area contributed by atoms with Gasteiger partial charge in [-0.2, -0.15) is 0 Å². The van der Waals surface area contributed by atoms with Gasteiger partial charge in [-0.05, 0) is 41.5 Å². The van der Waals surface area contributed by atoms with E-state index in [1.54, 1.807) is 43.3 Å². The van der Waals surface area contributed by atoms with Crippen molar-refractivity contribution in [3.63, 3.8) is 0 Å². The second kappa shape index (κ2) is 9.16. The van der Waals surface area contributed by atoms with Crippen LogP contribution in [0.25, 0.3) is 4.98 Å². The molecule has 154 valence electrons. The maximum Gasteiger partial charge on any atom is 0.403 e. The minimum absolute atomic E-state index is 0.0202. The summed E-state index contributed by atoms with van der Waals surface area (Å²) in [7, 11) is -0.244. The van der Waals surface area contributed by atoms with E-state index in [2.05, 4.69) is 4.98 Å². The minimum atomic E-state index is -3.84. The van der Waals surface area contributed by atoms with Crippen LogP contribution in [0.15, 0.2) is 71.6 Å². The fourth-order valence-corrected chi connectivity index (χ4v) is 4.68. The highest BCUT2D eigenvalue weighted by atomic mass is 35.5. The first-order chi connectivity index (χ1) is 14.3. The maximum atomic E-state index is 13.1. The van der Waals surface area contributed by atoms with E-state index in [-0.39, 0.29) is 16.3 Å². The van der Waals surface area contributed by atoms with Crippen molar-refractivity contribution < 1.29 is 13.2 Å². The van der Waals surface area contributed by atoms with E-state index in [9.17, 15) is 13.8 Å². The van der Waals surface area contributed by atoms with Gasteiger partial charge in [0.2, 0.25) is 5.39 Å². The van der Waals surface area contributed by atoms with Gasteiger partial charge in [-0.1, -0.05) is 41.9 Å². The van der Waals surface area contributed by atoms with Crippen molar-refractivity contribution in [2.45, 2.75) is 17.3 Å². The number of rotatable bonds is 7. The van der Waals surface area contributed by atoms with E-state index in [1.165, 1.54) is 12.1 Å². The first-order valence-corrected chi connectivity index (χ1v) is 11.2. The lowest BCUT2D eigenvalue weighted by molar-refractivity contribution is 0.306. The Morgan fingerprint density at radius 2 is 1.77 bits per heavy atom. The van der Waals surface area contributed by atoms with Crippen LogP contribution >= 0.6 is 11.6 Å². The predicted octanol–water partition coefficient (Wildman–Crippen LogP) is 5.44. The summed E-state index contributed by atoms with van der Waals surface area (Å²) in [5.74, 6) is 0.163. The van der Waals surface area contributed by atoms with Gasteiger partial charge in [0.1, 0.15) is 12.4 Å². The molecule has 0 atom stereocenters. The summed E-state index contributed by atoms with van der Waals surface area (Å²) in [5, 5.41) is 9.57. The number of anilines is 1. The van der Waals surface area contributed by atoms with Crippen molar-refractivity contribution in [3.05, 3.63) is 87.9 Å². The van der Waals surface area contributed by atoms with Crippen LogP contribution in [0.2, 0.25) is 5.02 Å². The summed E-state index contributed by atoms with van der Waals surface area (Å²) in [4.78, 5) is 4.83. The molecule has 0 saturated carbocycles. The Morgan fingerprint density at radius 1 is 1.03 bits per heavy atom. The number of sulfone groups is 1. The normalized spacial score (nSPS) is 11.0. The topological polar surface area (TPSA) is 74.8 Å². The molecule has 3 rings (SSSR count). The molecule has 0 bridgehead atoms. The summed E-state index contributed by atoms with van der Waals surface area (Å²) in [6.45, 7) is 0.354. The lowest BCUT2D eigenvalue weighted by atomic mass is 10.2. The van der Waals surface area contributed by atoms with E-state index < -0.39 is 9.84 Å². The second-order valence-electron chi connectivity index (χ2n) is 6.93. The van der Waals surface area contributed by atoms with Crippen LogP contribution in [-0.4, -0.2) is 22.5 Å². The molecule has 3 aromatic rings. The summed E-state index contributed by atoms with van der Waals surface area (Å²) < 4.78 is 32.0. The Hall–Kier alpha value is -3.08. The molecule has 0 saturated heterocycles. The third kappa shape index (κ3) is 5.09. The first kappa shape index (κ1) is 21.6. The van der Waals surface area contributed by atoms with E-state index in [0.717, 1.165) is 5.56 Å². The van der Waals surface area contributed by atoms with Crippen LogP contribution in [0, 0.1) is 5.39 Å². The Balaban J connectivity index is 1.88. The fourth-order valence-electron chi connectivity index (χ4n) is 2.89. The molecular formula is C22H21ClN3O3S+. The van der Waals surface area contributed by atoms with Crippen molar-refractivity contribution in [1.82, 2.24) is 0 Å². The van der Waals surface area contributed by atoms with Gasteiger partial charge in [0.05, 0.1) is 5.75 Å². The van der Waals surface area contributed by atoms with E-state index in [0.29, 0.717) is 28.6 Å². The molecule has 0 spiro atoms. The molecule has 0 fully saturated rings. The second-order valence-corrected chi connectivity index (χ2v) is 9.30. The zero-order chi connectivity index (χ0) is 21.7. The molecule has 0 aliphatic rings. The molecule has 0 radical (unpaired) electrons. The van der Waals surface area contributed by atoms with E-state index >= 15 is 0 Å². The van der Waals surface area contributed by atoms with Gasteiger partial charge < -0.3 is 9.64 Å². The van der Waals surface area contributed by atoms with Gasteiger partial charge >= 0.3 is 5.69 Å². The third-order valence-electron chi connectivity index (χ3n) is 4.51. The zero-order valence-electron chi connectivity index (χ0n) is 16.6. The van der Waals surface area contributed by atoms with Crippen molar-refractivity contribution in [1.29, 1.82) is 5.39 Å². The predicted molar refractivity (Wildman–Crippen MR) is 119 cm³/mol. The average molecular weight is 443 g/mol. The molecule has 0 unspecified atom stereocenters. The Kier molecular flexibility index (Phi) is 6.60. The zero-order valence-corrected chi connectivity index (χ0v) is 18.2. The summed E-state index contributed by atoms with van der Waals surface area (Å²) >= 11 is 6.26. The molecule has 8 heteroatoms. The molecule has 0 heterocycles. The minimum Gasteiger partial charge on any atom is -0.489 e. The summed E-state index contributed by atoms with van der Waals surface area (Å²) in [6, 6.07) is 19.2. The molecular weight excluding hydrogens is 422 g/mol. The molecule has 3 aromatic carbocycles. The molecule has 0 aliphatic carbocycles. The van der Waals surface area contributed by atoms with Crippen LogP contribution in [-0.2, 0) is 22.2 Å². The molecule has 0 amide bonds. The van der Waals surface area contributed by atoms with Gasteiger partial charge in [-0.15, -0.1) is 0 Å². The Bertz CT molecular complexity index is 1190. The lowest BCUT2D eigenvalue weighted by Gasteiger charge is -2.13. The van der Waals surface area contributed by atoms with Gasteiger partial charge in [0.15, 0.2) is 19.7 Å². The van der Waals surface area contributed by atoms with Crippen molar-refractivity contribution in [2.24, 2.45) is 0 Å². The number of hydrogen-bond donors (Lipinski definition) is 0. The van der Waals surface area contributed by atoms with Crippen LogP contribution in [0.1, 0.15) is 11.1 Å². The molecule has 0 aliphatic heterocycles. The SMILES string of the molecule is CN(C)c1ccc([N+]#N)c(S(=O)(=O)Cc2cc(OCc3ccccc3)ccc2Cl)c1. The first-order valence-electron chi connectivity index (χ1n) is 9.14. The van der Waals surface area contributed by atoms with Crippen LogP contribution in [0.5, 0.6) is 5.75 Å². The third-order valence-corrected chi connectivity index (χ3v) is 6.57. The van der Waals surface area contributed by atoms with Crippen LogP contribution < -0.4 is 9.64 Å². The number of ether oxygens (including phenoxy) is 1. The Morgan fingerprint density at radius 3 is 2.43 bits per heavy atom. The van der Waals surface area contributed by atoms with Gasteiger partial charge in [0.25, 0.3) is 0 Å². The van der Waals surface area contributed by atoms with E-state index in [4.69, 9.17) is 16.3 Å². The highest BCUT2D eigenvalue weighted by molar-refractivity contribution is 7.90. The van der Waals surface area contributed by atoms with Crippen molar-refractivity contribution in [3.8, 4) is 5.75 Å². The number of nitrogens with zero attached hydrogens (tertiary/aromatic N) is 3. The van der Waals surface area contributed by atoms with Crippen LogP contribution in [0.4, 0.5) is 11.4 Å². The van der Waals surface area contributed by atoms with Gasteiger partial charge in [-0.25, -0.2) is 8.42 Å². The van der Waals surface area contributed by atoms with Crippen LogP contribution in [0.3, 0.4) is 0 Å². The summed E-state index contributed by atoms with van der Waals surface area (Å²) in [6.07, 6.45) is 0. The number of hydrogen-bond acceptors (Lipinski definition) is 5. The van der Waals surface area contributed by atoms with Gasteiger partial charge in [0, 0.05) is 30.9 Å². The molecule has 6 nitrogen and oxygen atoms in total. The van der Waals surface area contributed by atoms with Crippen molar-refractivity contribution in [2.75, 3.05) is 19.0 Å². The highest BCUT2D eigenvalue weighted by Gasteiger charge is 2.28. The molecule has 0 N–H and O–H groups in total. The number of benzene rings is 3.